The summed E-state index contributed by atoms with van der Waals surface area (Å²) in [5.74, 6) is 2.73. The monoisotopic (exact) mass is 153 g/mol. The summed E-state index contributed by atoms with van der Waals surface area (Å²) in [6.07, 6.45) is 7.71. The first kappa shape index (κ1) is 10.2. The largest absolute Gasteiger partial charge is 0.320 e. The molecule has 11 heavy (non-hydrogen) atoms. The normalized spacial score (nSPS) is 9.09. The fraction of sp³-hybridized carbons (Fsp3) is 0.667. The molecule has 0 aliphatic carbocycles. The van der Waals surface area contributed by atoms with Crippen LogP contribution in [0, 0.1) is 12.3 Å². The Morgan fingerprint density at radius 2 is 2.27 bits per heavy atom. The molecule has 0 amide bonds. The zero-order chi connectivity index (χ0) is 8.53. The molecule has 2 nitrogen and oxygen atoms in total. The Morgan fingerprint density at radius 1 is 1.55 bits per heavy atom. The van der Waals surface area contributed by atoms with E-state index in [1.54, 1.807) is 0 Å². The number of hydrogen-bond donors (Lipinski definition) is 1. The molecule has 0 rings (SSSR count). The number of rotatable bonds is 6. The van der Waals surface area contributed by atoms with Crippen molar-refractivity contribution in [1.82, 2.24) is 5.32 Å². The fourth-order valence-corrected chi connectivity index (χ4v) is 0.799. The molecule has 0 saturated carbocycles. The quantitative estimate of drug-likeness (QED) is 0.455. The number of terminal acetylenes is 1. The number of hydrogen-bond acceptors (Lipinski definition) is 2. The Morgan fingerprint density at radius 3 is 2.82 bits per heavy atom. The number of carbonyl (C=O) groups is 1. The van der Waals surface area contributed by atoms with Crippen molar-refractivity contribution in [3.8, 4) is 12.3 Å². The lowest BCUT2D eigenvalue weighted by atomic mass is 10.1. The Hall–Kier alpha value is -0.810. The van der Waals surface area contributed by atoms with Crippen molar-refractivity contribution in [2.75, 3.05) is 13.6 Å². The van der Waals surface area contributed by atoms with Crippen LogP contribution in [0.15, 0.2) is 0 Å². The third-order valence-corrected chi connectivity index (χ3v) is 1.43. The molecule has 1 N–H and O–H groups in total. The van der Waals surface area contributed by atoms with E-state index in [-0.39, 0.29) is 5.78 Å². The second kappa shape index (κ2) is 7.30. The van der Waals surface area contributed by atoms with Crippen LogP contribution in [-0.4, -0.2) is 19.4 Å². The van der Waals surface area contributed by atoms with Gasteiger partial charge in [-0.25, -0.2) is 0 Å². The molecule has 0 saturated heterocycles. The van der Waals surface area contributed by atoms with E-state index in [1.165, 1.54) is 0 Å². The minimum atomic E-state index is 0.276. The highest BCUT2D eigenvalue weighted by Crippen LogP contribution is 1.96. The first-order valence-corrected chi connectivity index (χ1v) is 3.91. The summed E-state index contributed by atoms with van der Waals surface area (Å²) < 4.78 is 0. The van der Waals surface area contributed by atoms with E-state index in [0.29, 0.717) is 19.3 Å². The van der Waals surface area contributed by atoms with Gasteiger partial charge in [-0.3, -0.25) is 4.79 Å². The predicted octanol–water partition coefficient (Wildman–Crippen LogP) is 0.968. The molecule has 0 heterocycles. The number of ketones is 1. The van der Waals surface area contributed by atoms with Gasteiger partial charge in [0.15, 0.2) is 0 Å². The molecule has 0 fully saturated rings. The summed E-state index contributed by atoms with van der Waals surface area (Å²) in [5.41, 5.74) is 0. The molecule has 0 aliphatic heterocycles. The average molecular weight is 153 g/mol. The van der Waals surface area contributed by atoms with Gasteiger partial charge in [-0.2, -0.15) is 0 Å². The highest BCUT2D eigenvalue weighted by atomic mass is 16.1. The minimum Gasteiger partial charge on any atom is -0.320 e. The van der Waals surface area contributed by atoms with E-state index in [2.05, 4.69) is 11.2 Å². The molecule has 62 valence electrons. The van der Waals surface area contributed by atoms with E-state index in [4.69, 9.17) is 6.42 Å². The van der Waals surface area contributed by atoms with Crippen molar-refractivity contribution in [1.29, 1.82) is 0 Å². The van der Waals surface area contributed by atoms with E-state index in [0.717, 1.165) is 13.0 Å². The summed E-state index contributed by atoms with van der Waals surface area (Å²) in [6, 6.07) is 0. The SMILES string of the molecule is C#CCCC(=O)CCCNC. The van der Waals surface area contributed by atoms with Crippen LogP contribution in [0.5, 0.6) is 0 Å². The summed E-state index contributed by atoms with van der Waals surface area (Å²) >= 11 is 0. The van der Waals surface area contributed by atoms with Crippen molar-refractivity contribution in [3.05, 3.63) is 0 Å². The highest BCUT2D eigenvalue weighted by Gasteiger charge is 1.98. The van der Waals surface area contributed by atoms with Gasteiger partial charge in [0, 0.05) is 19.3 Å². The molecule has 0 radical (unpaired) electrons. The Kier molecular flexibility index (Phi) is 6.76. The number of nitrogens with one attached hydrogen (secondary N) is 1. The predicted molar refractivity (Wildman–Crippen MR) is 46.2 cm³/mol. The van der Waals surface area contributed by atoms with Gasteiger partial charge >= 0.3 is 0 Å². The molecular weight excluding hydrogens is 138 g/mol. The van der Waals surface area contributed by atoms with Crippen LogP contribution in [0.3, 0.4) is 0 Å². The van der Waals surface area contributed by atoms with Gasteiger partial charge < -0.3 is 5.32 Å². The zero-order valence-corrected chi connectivity index (χ0v) is 7.02. The average Bonchev–Trinajstić information content (AvgIpc) is 2.01. The van der Waals surface area contributed by atoms with Crippen molar-refractivity contribution in [2.45, 2.75) is 25.7 Å². The van der Waals surface area contributed by atoms with Crippen molar-refractivity contribution < 1.29 is 4.79 Å². The van der Waals surface area contributed by atoms with Crippen LogP contribution in [0.1, 0.15) is 25.7 Å². The van der Waals surface area contributed by atoms with Gasteiger partial charge in [0.05, 0.1) is 0 Å². The first-order valence-electron chi connectivity index (χ1n) is 3.91. The van der Waals surface area contributed by atoms with Gasteiger partial charge in [0.2, 0.25) is 0 Å². The van der Waals surface area contributed by atoms with Crippen LogP contribution >= 0.6 is 0 Å². The van der Waals surface area contributed by atoms with E-state index in [1.807, 2.05) is 7.05 Å². The lowest BCUT2D eigenvalue weighted by Gasteiger charge is -1.97. The maximum Gasteiger partial charge on any atom is 0.133 e. The van der Waals surface area contributed by atoms with Crippen molar-refractivity contribution in [3.63, 3.8) is 0 Å². The summed E-state index contributed by atoms with van der Waals surface area (Å²) in [5, 5.41) is 2.99. The molecule has 0 atom stereocenters. The third kappa shape index (κ3) is 7.08. The second-order valence-corrected chi connectivity index (χ2v) is 2.45. The van der Waals surface area contributed by atoms with Gasteiger partial charge in [0.25, 0.3) is 0 Å². The first-order chi connectivity index (χ1) is 5.31. The number of Topliss-reactive ketones (excluding diaryl/α,β-unsaturated/α-hetero) is 1. The smallest absolute Gasteiger partial charge is 0.133 e. The third-order valence-electron chi connectivity index (χ3n) is 1.43. The van der Waals surface area contributed by atoms with E-state index >= 15 is 0 Å². The van der Waals surface area contributed by atoms with Gasteiger partial charge in [0.1, 0.15) is 5.78 Å². The lowest BCUT2D eigenvalue weighted by Crippen LogP contribution is -2.09. The van der Waals surface area contributed by atoms with Crippen LogP contribution in [0.2, 0.25) is 0 Å². The van der Waals surface area contributed by atoms with Crippen LogP contribution in [0.4, 0.5) is 0 Å². The van der Waals surface area contributed by atoms with E-state index in [9.17, 15) is 4.79 Å². The molecule has 2 heteroatoms. The number of carbonyl (C=O) groups excluding carboxylic acids is 1. The molecule has 0 bridgehead atoms. The molecular formula is C9H15NO. The Balaban J connectivity index is 3.17. The molecule has 0 unspecified atom stereocenters. The Labute approximate surface area is 68.4 Å². The minimum absolute atomic E-state index is 0.276. The molecule has 0 aromatic heterocycles. The lowest BCUT2D eigenvalue weighted by molar-refractivity contribution is -0.119. The van der Waals surface area contributed by atoms with Crippen LogP contribution < -0.4 is 5.32 Å². The Bertz CT molecular complexity index is 146. The highest BCUT2D eigenvalue weighted by molar-refractivity contribution is 5.78. The van der Waals surface area contributed by atoms with Gasteiger partial charge in [-0.05, 0) is 20.0 Å². The van der Waals surface area contributed by atoms with Crippen LogP contribution in [0.25, 0.3) is 0 Å². The summed E-state index contributed by atoms with van der Waals surface area (Å²) in [6.45, 7) is 0.905. The molecule has 0 aromatic rings. The standard InChI is InChI=1S/C9H15NO/c1-3-4-6-9(11)7-5-8-10-2/h1,10H,4-8H2,2H3. The second-order valence-electron chi connectivity index (χ2n) is 2.45. The van der Waals surface area contributed by atoms with Gasteiger partial charge in [-0.15, -0.1) is 12.3 Å². The topological polar surface area (TPSA) is 29.1 Å². The molecule has 0 aromatic carbocycles. The van der Waals surface area contributed by atoms with Gasteiger partial charge in [-0.1, -0.05) is 0 Å². The van der Waals surface area contributed by atoms with Crippen molar-refractivity contribution >= 4 is 5.78 Å². The molecule has 0 aliphatic rings. The van der Waals surface area contributed by atoms with E-state index < -0.39 is 0 Å². The maximum atomic E-state index is 11.0. The fourth-order valence-electron chi connectivity index (χ4n) is 0.799. The van der Waals surface area contributed by atoms with Crippen molar-refractivity contribution in [2.24, 2.45) is 0 Å². The summed E-state index contributed by atoms with van der Waals surface area (Å²) in [7, 11) is 1.88. The van der Waals surface area contributed by atoms with Crippen LogP contribution in [-0.2, 0) is 4.79 Å². The summed E-state index contributed by atoms with van der Waals surface area (Å²) in [4.78, 5) is 11.0. The maximum absolute atomic E-state index is 11.0. The zero-order valence-electron chi connectivity index (χ0n) is 7.02. The molecule has 0 spiro atoms.